The molecule has 1 amide bonds. The van der Waals surface area contributed by atoms with E-state index < -0.39 is 0 Å². The average Bonchev–Trinajstić information content (AvgIpc) is 2.79. The summed E-state index contributed by atoms with van der Waals surface area (Å²) in [6, 6.07) is 16.4. The number of carbonyl (C=O) groups excluding carboxylic acids is 1. The van der Waals surface area contributed by atoms with Crippen LogP contribution in [0.1, 0.15) is 35.1 Å². The highest BCUT2D eigenvalue weighted by molar-refractivity contribution is 5.98. The van der Waals surface area contributed by atoms with Crippen LogP contribution in [0.4, 0.5) is 0 Å². The molecule has 7 nitrogen and oxygen atoms in total. The molecule has 2 aromatic carbocycles. The van der Waals surface area contributed by atoms with Gasteiger partial charge in [-0.25, -0.2) is 15.0 Å². The summed E-state index contributed by atoms with van der Waals surface area (Å²) in [7, 11) is 0. The molecule has 0 aliphatic carbocycles. The van der Waals surface area contributed by atoms with Gasteiger partial charge in [-0.15, -0.1) is 0 Å². The molecular formula is C23H19N5O2. The molecule has 0 radical (unpaired) electrons. The Labute approximate surface area is 172 Å². The quantitative estimate of drug-likeness (QED) is 0.574. The molecule has 0 saturated carbocycles. The van der Waals surface area contributed by atoms with Crippen molar-refractivity contribution < 1.29 is 4.79 Å². The molecule has 148 valence electrons. The minimum absolute atomic E-state index is 0.140. The summed E-state index contributed by atoms with van der Waals surface area (Å²) < 4.78 is 1.64. The standard InChI is InChI=1S/C23H19N5O2/c29-21-13-20(18-9-10-24-14-25-18)26-22-19(6-3-11-28(21)22)27-23(30)17-8-7-15-4-1-2-5-16(15)12-17/h1-2,4-5,7-10,12-14,19H,3,6,11H2,(H,27,30). The van der Waals surface area contributed by atoms with Gasteiger partial charge < -0.3 is 5.32 Å². The predicted molar refractivity (Wildman–Crippen MR) is 113 cm³/mol. The van der Waals surface area contributed by atoms with Crippen LogP contribution in [0.15, 0.2) is 71.9 Å². The number of nitrogens with one attached hydrogen (secondary N) is 1. The van der Waals surface area contributed by atoms with Gasteiger partial charge in [0.05, 0.1) is 17.4 Å². The normalized spacial score (nSPS) is 15.5. The number of carbonyl (C=O) groups is 1. The summed E-state index contributed by atoms with van der Waals surface area (Å²) in [5.74, 6) is 0.386. The lowest BCUT2D eigenvalue weighted by atomic mass is 10.0. The third kappa shape index (κ3) is 3.34. The van der Waals surface area contributed by atoms with E-state index in [1.807, 2.05) is 42.5 Å². The lowest BCUT2D eigenvalue weighted by Crippen LogP contribution is -2.38. The van der Waals surface area contributed by atoms with E-state index in [1.165, 1.54) is 12.4 Å². The summed E-state index contributed by atoms with van der Waals surface area (Å²) in [5, 5.41) is 5.16. The van der Waals surface area contributed by atoms with E-state index in [0.717, 1.165) is 23.6 Å². The smallest absolute Gasteiger partial charge is 0.254 e. The van der Waals surface area contributed by atoms with Crippen molar-refractivity contribution in [1.82, 2.24) is 24.8 Å². The molecule has 2 aromatic heterocycles. The highest BCUT2D eigenvalue weighted by Gasteiger charge is 2.25. The van der Waals surface area contributed by atoms with Crippen LogP contribution >= 0.6 is 0 Å². The van der Waals surface area contributed by atoms with Crippen molar-refractivity contribution in [2.75, 3.05) is 0 Å². The summed E-state index contributed by atoms with van der Waals surface area (Å²) in [5.41, 5.74) is 1.51. The molecule has 30 heavy (non-hydrogen) atoms. The van der Waals surface area contributed by atoms with E-state index in [-0.39, 0.29) is 17.5 Å². The molecule has 0 saturated heterocycles. The number of rotatable bonds is 3. The SMILES string of the molecule is O=C(NC1CCCn2c1nc(-c1ccncn1)cc2=O)c1ccc2ccccc2c1. The molecule has 0 bridgehead atoms. The van der Waals surface area contributed by atoms with Crippen molar-refractivity contribution in [2.45, 2.75) is 25.4 Å². The monoisotopic (exact) mass is 397 g/mol. The van der Waals surface area contributed by atoms with E-state index in [2.05, 4.69) is 20.3 Å². The molecule has 4 aromatic rings. The second kappa shape index (κ2) is 7.51. The number of hydrogen-bond acceptors (Lipinski definition) is 5. The fraction of sp³-hybridized carbons (Fsp3) is 0.174. The minimum atomic E-state index is -0.341. The van der Waals surface area contributed by atoms with Gasteiger partial charge in [0, 0.05) is 24.4 Å². The summed E-state index contributed by atoms with van der Waals surface area (Å²) >= 11 is 0. The first kappa shape index (κ1) is 18.2. The third-order valence-electron chi connectivity index (χ3n) is 5.39. The lowest BCUT2D eigenvalue weighted by Gasteiger charge is -2.27. The zero-order valence-corrected chi connectivity index (χ0v) is 16.2. The molecule has 0 fully saturated rings. The van der Waals surface area contributed by atoms with Gasteiger partial charge in [-0.1, -0.05) is 30.3 Å². The first-order chi connectivity index (χ1) is 14.7. The molecule has 0 spiro atoms. The number of benzene rings is 2. The number of fused-ring (bicyclic) bond motifs is 2. The van der Waals surface area contributed by atoms with Gasteiger partial charge in [0.2, 0.25) is 0 Å². The number of nitrogens with zero attached hydrogens (tertiary/aromatic N) is 4. The van der Waals surface area contributed by atoms with Gasteiger partial charge in [0.1, 0.15) is 12.2 Å². The average molecular weight is 397 g/mol. The Balaban J connectivity index is 1.48. The first-order valence-corrected chi connectivity index (χ1v) is 9.87. The molecule has 5 rings (SSSR count). The highest BCUT2D eigenvalue weighted by Crippen LogP contribution is 2.25. The largest absolute Gasteiger partial charge is 0.342 e. The van der Waals surface area contributed by atoms with Crippen molar-refractivity contribution in [3.05, 3.63) is 88.9 Å². The van der Waals surface area contributed by atoms with Gasteiger partial charge in [-0.2, -0.15) is 0 Å². The van der Waals surface area contributed by atoms with Crippen LogP contribution in [0.5, 0.6) is 0 Å². The molecule has 1 aliphatic rings. The van der Waals surface area contributed by atoms with Crippen LogP contribution in [0.25, 0.3) is 22.2 Å². The van der Waals surface area contributed by atoms with Crippen molar-refractivity contribution in [3.63, 3.8) is 0 Å². The van der Waals surface area contributed by atoms with Crippen molar-refractivity contribution >= 4 is 16.7 Å². The van der Waals surface area contributed by atoms with Crippen molar-refractivity contribution in [1.29, 1.82) is 0 Å². The van der Waals surface area contributed by atoms with Crippen LogP contribution < -0.4 is 10.9 Å². The Hall–Kier alpha value is -3.87. The van der Waals surface area contributed by atoms with Gasteiger partial charge in [0.15, 0.2) is 0 Å². The second-order valence-corrected chi connectivity index (χ2v) is 7.31. The third-order valence-corrected chi connectivity index (χ3v) is 5.39. The molecule has 7 heteroatoms. The topological polar surface area (TPSA) is 89.8 Å². The van der Waals surface area contributed by atoms with E-state index >= 15 is 0 Å². The number of aromatic nitrogens is 4. The second-order valence-electron chi connectivity index (χ2n) is 7.31. The van der Waals surface area contributed by atoms with Gasteiger partial charge >= 0.3 is 0 Å². The van der Waals surface area contributed by atoms with Crippen LogP contribution in [-0.4, -0.2) is 25.4 Å². The summed E-state index contributed by atoms with van der Waals surface area (Å²) in [6.07, 6.45) is 4.55. The van der Waals surface area contributed by atoms with Crippen LogP contribution in [0.3, 0.4) is 0 Å². The number of hydrogen-bond donors (Lipinski definition) is 1. The summed E-state index contributed by atoms with van der Waals surface area (Å²) in [4.78, 5) is 38.4. The fourth-order valence-corrected chi connectivity index (χ4v) is 3.88. The van der Waals surface area contributed by atoms with Crippen molar-refractivity contribution in [2.24, 2.45) is 0 Å². The maximum atomic E-state index is 13.0. The maximum absolute atomic E-state index is 13.0. The van der Waals surface area contributed by atoms with Gasteiger partial charge in [-0.3, -0.25) is 14.2 Å². The van der Waals surface area contributed by atoms with Gasteiger partial charge in [-0.05, 0) is 41.8 Å². The minimum Gasteiger partial charge on any atom is -0.342 e. The Kier molecular flexibility index (Phi) is 4.55. The molecule has 1 aliphatic heterocycles. The highest BCUT2D eigenvalue weighted by atomic mass is 16.2. The Morgan fingerprint density at radius 2 is 1.90 bits per heavy atom. The van der Waals surface area contributed by atoms with E-state index in [9.17, 15) is 9.59 Å². The Morgan fingerprint density at radius 3 is 2.73 bits per heavy atom. The zero-order chi connectivity index (χ0) is 20.5. The summed E-state index contributed by atoms with van der Waals surface area (Å²) in [6.45, 7) is 0.591. The van der Waals surface area contributed by atoms with Gasteiger partial charge in [0.25, 0.3) is 11.5 Å². The van der Waals surface area contributed by atoms with E-state index in [1.54, 1.807) is 16.8 Å². The molecule has 1 unspecified atom stereocenters. The molecule has 3 heterocycles. The van der Waals surface area contributed by atoms with Crippen LogP contribution in [0, 0.1) is 0 Å². The lowest BCUT2D eigenvalue weighted by molar-refractivity contribution is 0.0927. The Morgan fingerprint density at radius 1 is 1.03 bits per heavy atom. The first-order valence-electron chi connectivity index (χ1n) is 9.87. The zero-order valence-electron chi connectivity index (χ0n) is 16.2. The van der Waals surface area contributed by atoms with Crippen molar-refractivity contribution in [3.8, 4) is 11.4 Å². The fourth-order valence-electron chi connectivity index (χ4n) is 3.88. The molecule has 1 N–H and O–H groups in total. The van der Waals surface area contributed by atoms with E-state index in [0.29, 0.717) is 29.3 Å². The van der Waals surface area contributed by atoms with Crippen LogP contribution in [-0.2, 0) is 6.54 Å². The molecule has 1 atom stereocenters. The molecular weight excluding hydrogens is 378 g/mol. The predicted octanol–water partition coefficient (Wildman–Crippen LogP) is 3.12. The van der Waals surface area contributed by atoms with Crippen LogP contribution in [0.2, 0.25) is 0 Å². The number of amides is 1. The Bertz CT molecular complexity index is 1300. The van der Waals surface area contributed by atoms with E-state index in [4.69, 9.17) is 0 Å². The maximum Gasteiger partial charge on any atom is 0.254 e.